The van der Waals surface area contributed by atoms with Crippen molar-refractivity contribution in [3.63, 3.8) is 0 Å². The number of carbonyl (C=O) groups is 2. The first-order valence-corrected chi connectivity index (χ1v) is 7.17. The molecule has 0 atom stereocenters. The molecule has 122 valence electrons. The number of ether oxygens (including phenoxy) is 2. The Bertz CT molecular complexity index is 858. The molecule has 0 saturated carbocycles. The van der Waals surface area contributed by atoms with E-state index in [-0.39, 0.29) is 28.6 Å². The molecule has 1 aliphatic heterocycles. The third kappa shape index (κ3) is 2.99. The van der Waals surface area contributed by atoms with Crippen LogP contribution in [0.15, 0.2) is 48.2 Å². The number of allylic oxidation sites excluding steroid dienone is 1. The molecule has 0 unspecified atom stereocenters. The highest BCUT2D eigenvalue weighted by atomic mass is 19.1. The van der Waals surface area contributed by atoms with E-state index in [1.807, 2.05) is 0 Å². The van der Waals surface area contributed by atoms with E-state index in [9.17, 15) is 14.0 Å². The molecule has 2 aromatic rings. The lowest BCUT2D eigenvalue weighted by Gasteiger charge is -2.10. The molecular formula is C18H14FNO4. The molecule has 3 rings (SSSR count). The van der Waals surface area contributed by atoms with Crippen molar-refractivity contribution in [3.05, 3.63) is 65.2 Å². The molecule has 0 radical (unpaired) electrons. The van der Waals surface area contributed by atoms with Gasteiger partial charge in [-0.2, -0.15) is 0 Å². The molecular weight excluding hydrogens is 313 g/mol. The van der Waals surface area contributed by atoms with Crippen LogP contribution in [0, 0.1) is 5.82 Å². The number of benzene rings is 2. The summed E-state index contributed by atoms with van der Waals surface area (Å²) in [6.45, 7) is 0. The van der Waals surface area contributed by atoms with E-state index in [1.54, 1.807) is 32.3 Å². The number of amides is 1. The number of fused-ring (bicyclic) bond motifs is 1. The molecule has 2 aromatic carbocycles. The van der Waals surface area contributed by atoms with Gasteiger partial charge in [0, 0.05) is 25.7 Å². The molecule has 0 fully saturated rings. The Labute approximate surface area is 137 Å². The zero-order valence-corrected chi connectivity index (χ0v) is 13.1. The van der Waals surface area contributed by atoms with Crippen LogP contribution in [0.5, 0.6) is 11.5 Å². The summed E-state index contributed by atoms with van der Waals surface area (Å²) in [5.41, 5.74) is 0.593. The first-order chi connectivity index (χ1) is 11.5. The number of hydrogen-bond acceptors (Lipinski definition) is 4. The normalized spacial score (nSPS) is 14.3. The molecule has 6 heteroatoms. The first kappa shape index (κ1) is 15.7. The Hall–Kier alpha value is -3.15. The maximum atomic E-state index is 13.7. The van der Waals surface area contributed by atoms with Crippen LogP contribution in [0.3, 0.4) is 0 Å². The Morgan fingerprint density at radius 2 is 1.96 bits per heavy atom. The molecule has 1 aliphatic rings. The van der Waals surface area contributed by atoms with Crippen molar-refractivity contribution >= 4 is 18.0 Å². The maximum absolute atomic E-state index is 13.7. The minimum Gasteiger partial charge on any atom is -0.452 e. The van der Waals surface area contributed by atoms with E-state index in [1.165, 1.54) is 35.2 Å². The number of halogens is 1. The second-order valence-electron chi connectivity index (χ2n) is 5.38. The average Bonchev–Trinajstić information content (AvgIpc) is 2.85. The lowest BCUT2D eigenvalue weighted by molar-refractivity contribution is 0.101. The van der Waals surface area contributed by atoms with Gasteiger partial charge in [-0.05, 0) is 24.3 Å². The summed E-state index contributed by atoms with van der Waals surface area (Å²) in [5, 5.41) is 0. The fourth-order valence-corrected chi connectivity index (χ4v) is 2.16. The highest BCUT2D eigenvalue weighted by Gasteiger charge is 2.28. The number of ketones is 1. The van der Waals surface area contributed by atoms with Gasteiger partial charge in [0.2, 0.25) is 5.78 Å². The van der Waals surface area contributed by atoms with Crippen molar-refractivity contribution in [2.75, 3.05) is 14.1 Å². The van der Waals surface area contributed by atoms with Crippen LogP contribution in [0.1, 0.15) is 15.9 Å². The number of nitrogens with zero attached hydrogens (tertiary/aromatic N) is 1. The predicted molar refractivity (Wildman–Crippen MR) is 85.5 cm³/mol. The molecule has 5 nitrogen and oxygen atoms in total. The standard InChI is InChI=1S/C18H14FNO4/c1-20(2)18(22)23-12-7-8-13-15(10-12)24-16(17(13)21)9-11-5-3-4-6-14(11)19/h3-10H,1-2H3/b16-9+. The number of rotatable bonds is 2. The Balaban J connectivity index is 1.88. The van der Waals surface area contributed by atoms with Crippen molar-refractivity contribution in [1.29, 1.82) is 0 Å². The number of carbonyl (C=O) groups excluding carboxylic acids is 2. The van der Waals surface area contributed by atoms with E-state index >= 15 is 0 Å². The van der Waals surface area contributed by atoms with E-state index < -0.39 is 11.9 Å². The van der Waals surface area contributed by atoms with Crippen LogP contribution in [0.25, 0.3) is 6.08 Å². The second kappa shape index (κ2) is 6.16. The number of hydrogen-bond donors (Lipinski definition) is 0. The lowest BCUT2D eigenvalue weighted by atomic mass is 10.1. The molecule has 0 bridgehead atoms. The van der Waals surface area contributed by atoms with Gasteiger partial charge >= 0.3 is 6.09 Å². The third-order valence-corrected chi connectivity index (χ3v) is 3.40. The molecule has 1 amide bonds. The summed E-state index contributed by atoms with van der Waals surface area (Å²) < 4.78 is 24.3. The van der Waals surface area contributed by atoms with Crippen LogP contribution in [0.2, 0.25) is 0 Å². The second-order valence-corrected chi connectivity index (χ2v) is 5.38. The summed E-state index contributed by atoms with van der Waals surface area (Å²) in [5.74, 6) is -0.248. The summed E-state index contributed by atoms with van der Waals surface area (Å²) in [6, 6.07) is 10.6. The van der Waals surface area contributed by atoms with Crippen LogP contribution in [0.4, 0.5) is 9.18 Å². The van der Waals surface area contributed by atoms with Gasteiger partial charge in [0.25, 0.3) is 0 Å². The van der Waals surface area contributed by atoms with E-state index in [2.05, 4.69) is 0 Å². The Morgan fingerprint density at radius 1 is 1.21 bits per heavy atom. The Morgan fingerprint density at radius 3 is 2.67 bits per heavy atom. The van der Waals surface area contributed by atoms with Gasteiger partial charge in [-0.3, -0.25) is 4.79 Å². The molecule has 0 aliphatic carbocycles. The summed E-state index contributed by atoms with van der Waals surface area (Å²) in [4.78, 5) is 25.2. The van der Waals surface area contributed by atoms with Gasteiger partial charge in [0.1, 0.15) is 17.3 Å². The van der Waals surface area contributed by atoms with Crippen molar-refractivity contribution in [2.24, 2.45) is 0 Å². The zero-order chi connectivity index (χ0) is 17.3. The fraction of sp³-hybridized carbons (Fsp3) is 0.111. The largest absolute Gasteiger partial charge is 0.452 e. The maximum Gasteiger partial charge on any atom is 0.414 e. The molecule has 24 heavy (non-hydrogen) atoms. The highest BCUT2D eigenvalue weighted by Crippen LogP contribution is 2.35. The van der Waals surface area contributed by atoms with Crippen LogP contribution >= 0.6 is 0 Å². The minimum atomic E-state index is -0.540. The molecule has 0 saturated heterocycles. The number of Topliss-reactive ketones (excluding diaryl/α,β-unsaturated/α-hetero) is 1. The summed E-state index contributed by atoms with van der Waals surface area (Å²) in [7, 11) is 3.12. The quantitative estimate of drug-likeness (QED) is 0.792. The molecule has 0 aromatic heterocycles. The van der Waals surface area contributed by atoms with Gasteiger partial charge in [0.05, 0.1) is 5.56 Å². The van der Waals surface area contributed by atoms with Crippen molar-refractivity contribution in [3.8, 4) is 11.5 Å². The first-order valence-electron chi connectivity index (χ1n) is 7.17. The highest BCUT2D eigenvalue weighted by molar-refractivity contribution is 6.14. The van der Waals surface area contributed by atoms with Crippen molar-refractivity contribution in [2.45, 2.75) is 0 Å². The van der Waals surface area contributed by atoms with Gasteiger partial charge in [-0.25, -0.2) is 9.18 Å². The summed E-state index contributed by atoms with van der Waals surface area (Å²) >= 11 is 0. The smallest absolute Gasteiger partial charge is 0.414 e. The predicted octanol–water partition coefficient (Wildman–Crippen LogP) is 3.50. The third-order valence-electron chi connectivity index (χ3n) is 3.40. The lowest BCUT2D eigenvalue weighted by Crippen LogP contribution is -2.25. The minimum absolute atomic E-state index is 0.0196. The summed E-state index contributed by atoms with van der Waals surface area (Å²) in [6.07, 6.45) is 0.810. The zero-order valence-electron chi connectivity index (χ0n) is 13.1. The van der Waals surface area contributed by atoms with Gasteiger partial charge < -0.3 is 14.4 Å². The van der Waals surface area contributed by atoms with Crippen LogP contribution in [-0.4, -0.2) is 30.9 Å². The monoisotopic (exact) mass is 327 g/mol. The fourth-order valence-electron chi connectivity index (χ4n) is 2.16. The van der Waals surface area contributed by atoms with Crippen molar-refractivity contribution < 1.29 is 23.5 Å². The molecule has 0 spiro atoms. The van der Waals surface area contributed by atoms with Crippen LogP contribution < -0.4 is 9.47 Å². The van der Waals surface area contributed by atoms with E-state index in [0.29, 0.717) is 5.56 Å². The van der Waals surface area contributed by atoms with Gasteiger partial charge in [-0.15, -0.1) is 0 Å². The van der Waals surface area contributed by atoms with Crippen LogP contribution in [-0.2, 0) is 0 Å². The Kier molecular flexibility index (Phi) is 4.04. The van der Waals surface area contributed by atoms with Gasteiger partial charge in [-0.1, -0.05) is 18.2 Å². The SMILES string of the molecule is CN(C)C(=O)Oc1ccc2c(c1)O/C(=C/c1ccccc1F)C2=O. The molecule has 0 N–H and O–H groups in total. The topological polar surface area (TPSA) is 55.8 Å². The average molecular weight is 327 g/mol. The molecule has 1 heterocycles. The van der Waals surface area contributed by atoms with E-state index in [4.69, 9.17) is 9.47 Å². The van der Waals surface area contributed by atoms with Crippen molar-refractivity contribution in [1.82, 2.24) is 4.90 Å². The van der Waals surface area contributed by atoms with E-state index in [0.717, 1.165) is 0 Å². The van der Waals surface area contributed by atoms with Gasteiger partial charge in [0.15, 0.2) is 5.76 Å².